The second-order valence-electron chi connectivity index (χ2n) is 5.94. The molecule has 0 saturated heterocycles. The molecule has 3 rings (SSSR count). The van der Waals surface area contributed by atoms with Gasteiger partial charge in [0.2, 0.25) is 0 Å². The lowest BCUT2D eigenvalue weighted by Gasteiger charge is -2.16. The van der Waals surface area contributed by atoms with Crippen molar-refractivity contribution in [3.63, 3.8) is 0 Å². The fraction of sp³-hybridized carbons (Fsp3) is 0.150. The van der Waals surface area contributed by atoms with Gasteiger partial charge in [0.15, 0.2) is 22.9 Å². The van der Waals surface area contributed by atoms with Crippen LogP contribution in [0.2, 0.25) is 0 Å². The monoisotopic (exact) mass is 401 g/mol. The smallest absolute Gasteiger partial charge is 0.265 e. The molecule has 0 aliphatic carbocycles. The molecule has 8 heteroatoms. The first-order valence-corrected chi connectivity index (χ1v) is 9.22. The van der Waals surface area contributed by atoms with Crippen LogP contribution in [0.4, 0.5) is 14.5 Å². The Morgan fingerprint density at radius 2 is 1.86 bits per heavy atom. The standard InChI is InChI=1S/C20H17F2N3O2S/c1-12-10-15(28-20-23-8-3-9-24-20)5-7-18(12)25-19(26)13(2)27-14-4-6-16(21)17(22)11-14/h3-11,13H,1-2H3,(H,25,26). The number of hydrogen-bond acceptors (Lipinski definition) is 5. The molecule has 0 fully saturated rings. The van der Waals surface area contributed by atoms with E-state index in [0.29, 0.717) is 10.8 Å². The number of rotatable bonds is 6. The van der Waals surface area contributed by atoms with Gasteiger partial charge in [0.25, 0.3) is 5.91 Å². The topological polar surface area (TPSA) is 64.1 Å². The van der Waals surface area contributed by atoms with Crippen molar-refractivity contribution in [2.24, 2.45) is 0 Å². The molecular formula is C20H17F2N3O2S. The Labute approximate surface area is 165 Å². The number of nitrogens with zero attached hydrogens (tertiary/aromatic N) is 2. The van der Waals surface area contributed by atoms with Crippen LogP contribution < -0.4 is 10.1 Å². The summed E-state index contributed by atoms with van der Waals surface area (Å²) < 4.78 is 31.6. The summed E-state index contributed by atoms with van der Waals surface area (Å²) in [5.41, 5.74) is 1.48. The van der Waals surface area contributed by atoms with Gasteiger partial charge in [-0.25, -0.2) is 18.7 Å². The fourth-order valence-corrected chi connectivity index (χ4v) is 3.14. The molecule has 3 aromatic rings. The third kappa shape index (κ3) is 5.04. The molecule has 144 valence electrons. The Hall–Kier alpha value is -3.00. The fourth-order valence-electron chi connectivity index (χ4n) is 2.33. The van der Waals surface area contributed by atoms with E-state index in [9.17, 15) is 13.6 Å². The van der Waals surface area contributed by atoms with E-state index in [0.717, 1.165) is 22.6 Å². The minimum absolute atomic E-state index is 0.0767. The third-order valence-corrected chi connectivity index (χ3v) is 4.66. The Kier molecular flexibility index (Phi) is 6.20. The van der Waals surface area contributed by atoms with Crippen molar-refractivity contribution < 1.29 is 18.3 Å². The average molecular weight is 401 g/mol. The van der Waals surface area contributed by atoms with Gasteiger partial charge < -0.3 is 10.1 Å². The first-order valence-electron chi connectivity index (χ1n) is 8.40. The molecule has 0 bridgehead atoms. The van der Waals surface area contributed by atoms with E-state index >= 15 is 0 Å². The van der Waals surface area contributed by atoms with Gasteiger partial charge in [0.1, 0.15) is 5.75 Å². The number of amides is 1. The number of aromatic nitrogens is 2. The minimum atomic E-state index is -1.03. The van der Waals surface area contributed by atoms with Crippen LogP contribution in [-0.2, 0) is 4.79 Å². The summed E-state index contributed by atoms with van der Waals surface area (Å²) in [5.74, 6) is -2.33. The molecule has 0 radical (unpaired) electrons. The molecule has 0 saturated carbocycles. The van der Waals surface area contributed by atoms with Crippen molar-refractivity contribution in [3.05, 3.63) is 72.1 Å². The van der Waals surface area contributed by atoms with Crippen LogP contribution in [0.5, 0.6) is 5.75 Å². The molecule has 1 aromatic heterocycles. The summed E-state index contributed by atoms with van der Waals surface area (Å²) >= 11 is 1.41. The van der Waals surface area contributed by atoms with E-state index in [1.165, 1.54) is 24.8 Å². The van der Waals surface area contributed by atoms with Crippen molar-refractivity contribution in [3.8, 4) is 5.75 Å². The Balaban J connectivity index is 1.63. The van der Waals surface area contributed by atoms with E-state index in [4.69, 9.17) is 4.74 Å². The average Bonchev–Trinajstić information content (AvgIpc) is 2.67. The highest BCUT2D eigenvalue weighted by Crippen LogP contribution is 2.28. The highest BCUT2D eigenvalue weighted by atomic mass is 32.2. The van der Waals surface area contributed by atoms with Crippen molar-refractivity contribution >= 4 is 23.4 Å². The molecule has 2 aromatic carbocycles. The zero-order valence-electron chi connectivity index (χ0n) is 15.1. The maximum Gasteiger partial charge on any atom is 0.265 e. The number of nitrogens with one attached hydrogen (secondary N) is 1. The van der Waals surface area contributed by atoms with Crippen molar-refractivity contribution in [1.82, 2.24) is 9.97 Å². The second-order valence-corrected chi connectivity index (χ2v) is 6.98. The maximum atomic E-state index is 13.3. The lowest BCUT2D eigenvalue weighted by molar-refractivity contribution is -0.122. The van der Waals surface area contributed by atoms with E-state index in [1.807, 2.05) is 19.1 Å². The normalized spacial score (nSPS) is 11.7. The summed E-state index contributed by atoms with van der Waals surface area (Å²) in [5, 5.41) is 3.41. The Morgan fingerprint density at radius 1 is 1.11 bits per heavy atom. The van der Waals surface area contributed by atoms with E-state index < -0.39 is 23.6 Å². The van der Waals surface area contributed by atoms with Crippen LogP contribution in [0, 0.1) is 18.6 Å². The van der Waals surface area contributed by atoms with Gasteiger partial charge >= 0.3 is 0 Å². The van der Waals surface area contributed by atoms with Crippen LogP contribution in [-0.4, -0.2) is 22.0 Å². The Bertz CT molecular complexity index is 986. The van der Waals surface area contributed by atoms with E-state index in [1.54, 1.807) is 24.5 Å². The minimum Gasteiger partial charge on any atom is -0.481 e. The van der Waals surface area contributed by atoms with Crippen molar-refractivity contribution in [2.45, 2.75) is 30.0 Å². The number of aryl methyl sites for hydroxylation is 1. The van der Waals surface area contributed by atoms with Crippen LogP contribution in [0.15, 0.2) is 64.9 Å². The second kappa shape index (κ2) is 8.79. The number of halogens is 2. The molecule has 0 spiro atoms. The van der Waals surface area contributed by atoms with Gasteiger partial charge in [-0.15, -0.1) is 0 Å². The van der Waals surface area contributed by atoms with Gasteiger partial charge in [-0.1, -0.05) is 0 Å². The van der Waals surface area contributed by atoms with Crippen LogP contribution in [0.3, 0.4) is 0 Å². The predicted molar refractivity (Wildman–Crippen MR) is 102 cm³/mol. The van der Waals surface area contributed by atoms with Crippen molar-refractivity contribution in [2.75, 3.05) is 5.32 Å². The maximum absolute atomic E-state index is 13.3. The number of benzene rings is 2. The van der Waals surface area contributed by atoms with Gasteiger partial charge in [-0.3, -0.25) is 4.79 Å². The predicted octanol–water partition coefficient (Wildman–Crippen LogP) is 4.62. The zero-order valence-corrected chi connectivity index (χ0v) is 16.0. The molecule has 28 heavy (non-hydrogen) atoms. The first-order chi connectivity index (χ1) is 13.4. The van der Waals surface area contributed by atoms with Gasteiger partial charge in [0.05, 0.1) is 0 Å². The molecule has 0 aliphatic heterocycles. The van der Waals surface area contributed by atoms with Crippen LogP contribution in [0.1, 0.15) is 12.5 Å². The Morgan fingerprint density at radius 3 is 2.54 bits per heavy atom. The molecule has 5 nitrogen and oxygen atoms in total. The van der Waals surface area contributed by atoms with E-state index in [2.05, 4.69) is 15.3 Å². The summed E-state index contributed by atoms with van der Waals surface area (Å²) in [6, 6.07) is 10.4. The summed E-state index contributed by atoms with van der Waals surface area (Å²) in [7, 11) is 0. The lowest BCUT2D eigenvalue weighted by atomic mass is 10.2. The highest BCUT2D eigenvalue weighted by molar-refractivity contribution is 7.99. The highest BCUT2D eigenvalue weighted by Gasteiger charge is 2.17. The zero-order chi connectivity index (χ0) is 20.1. The third-order valence-electron chi connectivity index (χ3n) is 3.78. The lowest BCUT2D eigenvalue weighted by Crippen LogP contribution is -2.30. The van der Waals surface area contributed by atoms with E-state index in [-0.39, 0.29) is 5.75 Å². The van der Waals surface area contributed by atoms with Gasteiger partial charge in [0, 0.05) is 29.0 Å². The molecule has 1 atom stereocenters. The number of carbonyl (C=O) groups is 1. The molecule has 1 unspecified atom stereocenters. The van der Waals surface area contributed by atoms with Gasteiger partial charge in [-0.2, -0.15) is 0 Å². The molecule has 1 amide bonds. The number of carbonyl (C=O) groups excluding carboxylic acids is 1. The molecule has 1 heterocycles. The quantitative estimate of drug-likeness (QED) is 0.611. The number of anilines is 1. The number of hydrogen-bond donors (Lipinski definition) is 1. The van der Waals surface area contributed by atoms with Crippen molar-refractivity contribution in [1.29, 1.82) is 0 Å². The van der Waals surface area contributed by atoms with Crippen LogP contribution >= 0.6 is 11.8 Å². The van der Waals surface area contributed by atoms with Crippen LogP contribution in [0.25, 0.3) is 0 Å². The first kappa shape index (κ1) is 19.8. The molecule has 0 aliphatic rings. The SMILES string of the molecule is Cc1cc(Sc2ncccn2)ccc1NC(=O)C(C)Oc1ccc(F)c(F)c1. The summed E-state index contributed by atoms with van der Waals surface area (Å²) in [4.78, 5) is 21.6. The van der Waals surface area contributed by atoms with Gasteiger partial charge in [-0.05, 0) is 67.6 Å². The summed E-state index contributed by atoms with van der Waals surface area (Å²) in [6.07, 6.45) is 2.45. The summed E-state index contributed by atoms with van der Waals surface area (Å²) in [6.45, 7) is 3.40. The molecular weight excluding hydrogens is 384 g/mol. The largest absolute Gasteiger partial charge is 0.481 e. The number of ether oxygens (including phenoxy) is 1. The molecule has 1 N–H and O–H groups in total.